The zero-order valence-electron chi connectivity index (χ0n) is 11.6. The van der Waals surface area contributed by atoms with Crippen molar-refractivity contribution in [2.75, 3.05) is 19.5 Å². The Labute approximate surface area is 126 Å². The molecule has 0 aliphatic rings. The number of thioether (sulfide) groups is 1. The van der Waals surface area contributed by atoms with Gasteiger partial charge in [-0.1, -0.05) is 12.1 Å². The second kappa shape index (κ2) is 7.61. The minimum atomic E-state index is 0.0423. The quantitative estimate of drug-likeness (QED) is 0.854. The number of carbonyl (C=O) groups excluding carboxylic acids is 1. The summed E-state index contributed by atoms with van der Waals surface area (Å²) in [5, 5.41) is 3.96. The van der Waals surface area contributed by atoms with Crippen LogP contribution in [-0.4, -0.2) is 36.4 Å². The van der Waals surface area contributed by atoms with E-state index in [1.165, 1.54) is 4.70 Å². The average Bonchev–Trinajstić information content (AvgIpc) is 2.81. The van der Waals surface area contributed by atoms with E-state index >= 15 is 0 Å². The van der Waals surface area contributed by atoms with Crippen LogP contribution < -0.4 is 5.32 Å². The Hall–Kier alpha value is -1.11. The van der Waals surface area contributed by atoms with Crippen molar-refractivity contribution in [3.05, 3.63) is 29.3 Å². The molecule has 4 nitrogen and oxygen atoms in total. The summed E-state index contributed by atoms with van der Waals surface area (Å²) in [6.45, 7) is 2.47. The third-order valence-electron chi connectivity index (χ3n) is 2.62. The van der Waals surface area contributed by atoms with Gasteiger partial charge >= 0.3 is 0 Å². The first kappa shape index (κ1) is 15.3. The predicted molar refractivity (Wildman–Crippen MR) is 85.3 cm³/mol. The number of aromatic nitrogens is 1. The molecule has 1 aromatic heterocycles. The highest BCUT2D eigenvalue weighted by molar-refractivity contribution is 7.99. The summed E-state index contributed by atoms with van der Waals surface area (Å²) in [5.41, 5.74) is 1.03. The number of nitrogens with zero attached hydrogens (tertiary/aromatic N) is 1. The lowest BCUT2D eigenvalue weighted by molar-refractivity contribution is -0.119. The maximum absolute atomic E-state index is 11.7. The molecule has 0 saturated heterocycles. The summed E-state index contributed by atoms with van der Waals surface area (Å²) < 4.78 is 6.18. The molecule has 1 N–H and O–H groups in total. The van der Waals surface area contributed by atoms with Gasteiger partial charge in [-0.3, -0.25) is 4.79 Å². The molecule has 1 atom stereocenters. The minimum Gasteiger partial charge on any atom is -0.383 e. The van der Waals surface area contributed by atoms with E-state index in [-0.39, 0.29) is 11.9 Å². The Kier molecular flexibility index (Phi) is 5.82. The Morgan fingerprint density at radius 1 is 1.50 bits per heavy atom. The number of hydrogen-bond acceptors (Lipinski definition) is 5. The fourth-order valence-electron chi connectivity index (χ4n) is 1.82. The molecule has 0 bridgehead atoms. The van der Waals surface area contributed by atoms with Crippen LogP contribution in [0.1, 0.15) is 11.9 Å². The van der Waals surface area contributed by atoms with Gasteiger partial charge < -0.3 is 10.1 Å². The number of ether oxygens (including phenoxy) is 1. The minimum absolute atomic E-state index is 0.0423. The molecule has 1 unspecified atom stereocenters. The molecular weight excluding hydrogens is 292 g/mol. The summed E-state index contributed by atoms with van der Waals surface area (Å²) in [7, 11) is 1.63. The smallest absolute Gasteiger partial charge is 0.230 e. The zero-order chi connectivity index (χ0) is 14.4. The summed E-state index contributed by atoms with van der Waals surface area (Å²) >= 11 is 3.27. The Bertz CT molecular complexity index is 538. The molecule has 0 fully saturated rings. The van der Waals surface area contributed by atoms with Crippen molar-refractivity contribution in [3.63, 3.8) is 0 Å². The van der Waals surface area contributed by atoms with Gasteiger partial charge in [0.1, 0.15) is 5.01 Å². The van der Waals surface area contributed by atoms with Crippen molar-refractivity contribution in [2.45, 2.75) is 18.7 Å². The summed E-state index contributed by atoms with van der Waals surface area (Å²) in [6, 6.07) is 8.14. The second-order valence-corrected chi connectivity index (χ2v) is 6.59. The fourth-order valence-corrected chi connectivity index (χ4v) is 3.68. The number of amides is 1. The van der Waals surface area contributed by atoms with Crippen LogP contribution >= 0.6 is 23.1 Å². The predicted octanol–water partition coefficient (Wildman–Crippen LogP) is 2.68. The SMILES string of the molecule is COCC(C)NC(=O)CSCc1nc2ccccc2s1. The van der Waals surface area contributed by atoms with Crippen molar-refractivity contribution >= 4 is 39.2 Å². The largest absolute Gasteiger partial charge is 0.383 e. The topological polar surface area (TPSA) is 51.2 Å². The lowest BCUT2D eigenvalue weighted by Gasteiger charge is -2.12. The van der Waals surface area contributed by atoms with Crippen molar-refractivity contribution in [3.8, 4) is 0 Å². The molecule has 1 amide bonds. The molecule has 2 aromatic rings. The van der Waals surface area contributed by atoms with E-state index in [0.717, 1.165) is 16.3 Å². The number of fused-ring (bicyclic) bond motifs is 1. The van der Waals surface area contributed by atoms with Crippen LogP contribution in [0.3, 0.4) is 0 Å². The highest BCUT2D eigenvalue weighted by Gasteiger charge is 2.08. The highest BCUT2D eigenvalue weighted by atomic mass is 32.2. The lowest BCUT2D eigenvalue weighted by Crippen LogP contribution is -2.36. The van der Waals surface area contributed by atoms with E-state index < -0.39 is 0 Å². The molecule has 20 heavy (non-hydrogen) atoms. The number of thiazole rings is 1. The van der Waals surface area contributed by atoms with Gasteiger partial charge in [0, 0.05) is 18.9 Å². The monoisotopic (exact) mass is 310 g/mol. The van der Waals surface area contributed by atoms with Gasteiger partial charge in [-0.15, -0.1) is 23.1 Å². The van der Waals surface area contributed by atoms with Gasteiger partial charge in [0.2, 0.25) is 5.91 Å². The first-order valence-electron chi connectivity index (χ1n) is 6.39. The van der Waals surface area contributed by atoms with Gasteiger partial charge in [-0.05, 0) is 19.1 Å². The maximum Gasteiger partial charge on any atom is 0.230 e. The molecule has 6 heteroatoms. The van der Waals surface area contributed by atoms with Crippen LogP contribution in [0.15, 0.2) is 24.3 Å². The highest BCUT2D eigenvalue weighted by Crippen LogP contribution is 2.24. The van der Waals surface area contributed by atoms with E-state index in [1.807, 2.05) is 25.1 Å². The lowest BCUT2D eigenvalue weighted by atomic mass is 10.3. The number of benzene rings is 1. The van der Waals surface area contributed by atoms with E-state index in [1.54, 1.807) is 30.2 Å². The zero-order valence-corrected chi connectivity index (χ0v) is 13.2. The third-order valence-corrected chi connectivity index (χ3v) is 4.78. The van der Waals surface area contributed by atoms with Crippen LogP contribution in [0.25, 0.3) is 10.2 Å². The van der Waals surface area contributed by atoms with Gasteiger partial charge in [-0.25, -0.2) is 4.98 Å². The van der Waals surface area contributed by atoms with Crippen molar-refractivity contribution in [1.29, 1.82) is 0 Å². The number of carbonyl (C=O) groups is 1. The maximum atomic E-state index is 11.7. The number of hydrogen-bond donors (Lipinski definition) is 1. The van der Waals surface area contributed by atoms with Gasteiger partial charge in [0.15, 0.2) is 0 Å². The molecular formula is C14H18N2O2S2. The van der Waals surface area contributed by atoms with Crippen LogP contribution in [0, 0.1) is 0 Å². The van der Waals surface area contributed by atoms with Crippen molar-refractivity contribution in [1.82, 2.24) is 10.3 Å². The van der Waals surface area contributed by atoms with Crippen LogP contribution in [0.5, 0.6) is 0 Å². The third kappa shape index (κ3) is 4.47. The van der Waals surface area contributed by atoms with Gasteiger partial charge in [0.05, 0.1) is 22.6 Å². The molecule has 0 aliphatic heterocycles. The normalized spacial score (nSPS) is 12.5. The molecule has 1 aromatic carbocycles. The molecule has 108 valence electrons. The molecule has 0 radical (unpaired) electrons. The number of nitrogens with one attached hydrogen (secondary N) is 1. The standard InChI is InChI=1S/C14H18N2O2S2/c1-10(7-18-2)15-13(17)8-19-9-14-16-11-5-3-4-6-12(11)20-14/h3-6,10H,7-9H2,1-2H3,(H,15,17). The summed E-state index contributed by atoms with van der Waals surface area (Å²) in [6.07, 6.45) is 0. The first-order chi connectivity index (χ1) is 9.69. The number of rotatable bonds is 7. The molecule has 0 aliphatic carbocycles. The number of para-hydroxylation sites is 1. The Morgan fingerprint density at radius 3 is 3.05 bits per heavy atom. The molecule has 0 spiro atoms. The average molecular weight is 310 g/mol. The summed E-state index contributed by atoms with van der Waals surface area (Å²) in [5.74, 6) is 1.26. The Balaban J connectivity index is 1.76. The van der Waals surface area contributed by atoms with Crippen LogP contribution in [-0.2, 0) is 15.3 Å². The van der Waals surface area contributed by atoms with Gasteiger partial charge in [-0.2, -0.15) is 0 Å². The van der Waals surface area contributed by atoms with Crippen LogP contribution in [0.2, 0.25) is 0 Å². The van der Waals surface area contributed by atoms with Crippen molar-refractivity contribution in [2.24, 2.45) is 0 Å². The van der Waals surface area contributed by atoms with E-state index in [0.29, 0.717) is 12.4 Å². The molecule has 1 heterocycles. The summed E-state index contributed by atoms with van der Waals surface area (Å²) in [4.78, 5) is 16.2. The van der Waals surface area contributed by atoms with Crippen LogP contribution in [0.4, 0.5) is 0 Å². The number of methoxy groups -OCH3 is 1. The Morgan fingerprint density at radius 2 is 2.30 bits per heavy atom. The van der Waals surface area contributed by atoms with Gasteiger partial charge in [0.25, 0.3) is 0 Å². The first-order valence-corrected chi connectivity index (χ1v) is 8.36. The molecule has 2 rings (SSSR count). The molecule has 0 saturated carbocycles. The van der Waals surface area contributed by atoms with E-state index in [2.05, 4.69) is 16.4 Å². The second-order valence-electron chi connectivity index (χ2n) is 4.49. The van der Waals surface area contributed by atoms with E-state index in [4.69, 9.17) is 4.74 Å². The van der Waals surface area contributed by atoms with E-state index in [9.17, 15) is 4.79 Å². The fraction of sp³-hybridized carbons (Fsp3) is 0.429. The van der Waals surface area contributed by atoms with Crippen molar-refractivity contribution < 1.29 is 9.53 Å².